The number of benzene rings is 2. The van der Waals surface area contributed by atoms with Gasteiger partial charge in [0.05, 0.1) is 24.6 Å². The third-order valence-electron chi connectivity index (χ3n) is 10.0. The fourth-order valence-corrected chi connectivity index (χ4v) is 6.40. The lowest BCUT2D eigenvalue weighted by Crippen LogP contribution is -2.43. The molecule has 0 atom stereocenters. The zero-order valence-electron chi connectivity index (χ0n) is 38.5. The molecule has 0 fully saturated rings. The van der Waals surface area contributed by atoms with Crippen LogP contribution >= 0.6 is 0 Å². The van der Waals surface area contributed by atoms with Gasteiger partial charge in [0.1, 0.15) is 12.3 Å². The molecule has 4 aromatic rings. The average Bonchev–Trinajstić information content (AvgIpc) is 3.32. The standard InChI is InChI=1S/C46H60N12O10/c1-32-24-37(14-16-38(32)52-54-44(65)43(64)48-20-23-59)51-41(62)29-58-22-11-13-35(27-58)42(63)47-18-8-6-4-5-7-9-19-49-68-30-34-12-10-21-57(26-34)28-40(61)50-36-15-17-39(33(2)25-36)53-55-45(66)46(67)56(3)31-60/h10-17,21-22,24-27,49,59-60H,4-9,18-20,23,28-31H2,1-3H3,(H6-2,47,48,50,51,52,53,54,55,61,62,63,64,65,66,67)/p+2. The van der Waals surface area contributed by atoms with Gasteiger partial charge in [-0.2, -0.15) is 9.13 Å². The zero-order valence-corrected chi connectivity index (χ0v) is 38.5. The number of carbonyl (C=O) groups is 7. The highest BCUT2D eigenvalue weighted by molar-refractivity contribution is 6.35. The second-order valence-corrected chi connectivity index (χ2v) is 15.6. The number of aryl methyl sites for hydroxylation is 2. The van der Waals surface area contributed by atoms with Crippen LogP contribution in [0.1, 0.15) is 65.6 Å². The van der Waals surface area contributed by atoms with E-state index in [-0.39, 0.29) is 44.0 Å². The van der Waals surface area contributed by atoms with Crippen molar-refractivity contribution >= 4 is 64.1 Å². The number of likely N-dealkylation sites (N-methyl/N-ethyl adjacent to an activating group) is 1. The van der Waals surface area contributed by atoms with Crippen LogP contribution in [-0.4, -0.2) is 96.5 Å². The summed E-state index contributed by atoms with van der Waals surface area (Å²) in [4.78, 5) is 92.2. The largest absolute Gasteiger partial charge is 0.395 e. The summed E-state index contributed by atoms with van der Waals surface area (Å²) in [5.74, 6) is -4.42. The summed E-state index contributed by atoms with van der Waals surface area (Å²) in [6, 6.07) is 17.2. The number of aromatic nitrogens is 2. The first kappa shape index (κ1) is 53.1. The van der Waals surface area contributed by atoms with Crippen LogP contribution in [0.3, 0.4) is 0 Å². The Balaban J connectivity index is 1.03. The van der Waals surface area contributed by atoms with Gasteiger partial charge in [0.2, 0.25) is 13.1 Å². The number of nitrogens with zero attached hydrogens (tertiary/aromatic N) is 3. The summed E-state index contributed by atoms with van der Waals surface area (Å²) < 4.78 is 3.38. The maximum atomic E-state index is 12.8. The quantitative estimate of drug-likeness (QED) is 0.0134. The topological polar surface area (TPSA) is 288 Å². The third-order valence-corrected chi connectivity index (χ3v) is 10.0. The van der Waals surface area contributed by atoms with E-state index in [1.54, 1.807) is 90.1 Å². The Labute approximate surface area is 394 Å². The minimum absolute atomic E-state index is 0.0274. The number of unbranched alkanes of at least 4 members (excludes halogenated alkanes) is 5. The van der Waals surface area contributed by atoms with Crippen molar-refractivity contribution in [1.82, 2.24) is 31.9 Å². The molecule has 0 saturated carbocycles. The number of amides is 7. The predicted octanol–water partition coefficient (Wildman–Crippen LogP) is 0.351. The molecule has 0 aliphatic carbocycles. The minimum Gasteiger partial charge on any atom is -0.395 e. The first-order chi connectivity index (χ1) is 32.8. The van der Waals surface area contributed by atoms with Crippen LogP contribution in [0.4, 0.5) is 22.7 Å². The highest BCUT2D eigenvalue weighted by atomic mass is 16.6. The van der Waals surface area contributed by atoms with Gasteiger partial charge in [0, 0.05) is 55.8 Å². The van der Waals surface area contributed by atoms with E-state index in [9.17, 15) is 33.6 Å². The monoisotopic (exact) mass is 942 g/mol. The maximum Gasteiger partial charge on any atom is 0.327 e. The molecular weight excluding hydrogens is 881 g/mol. The number of hydrogen-bond donors (Lipinski definition) is 11. The number of nitrogens with one attached hydrogen (secondary N) is 9. The first-order valence-electron chi connectivity index (χ1n) is 22.0. The summed E-state index contributed by atoms with van der Waals surface area (Å²) in [6.45, 7) is 4.20. The van der Waals surface area contributed by atoms with E-state index < -0.39 is 30.4 Å². The lowest BCUT2D eigenvalue weighted by Gasteiger charge is -2.15. The molecule has 4 rings (SSSR count). The summed E-state index contributed by atoms with van der Waals surface area (Å²) in [5.41, 5.74) is 17.7. The van der Waals surface area contributed by atoms with Gasteiger partial charge in [-0.1, -0.05) is 25.7 Å². The Hall–Kier alpha value is -7.53. The van der Waals surface area contributed by atoms with E-state index in [2.05, 4.69) is 48.5 Å². The fourth-order valence-electron chi connectivity index (χ4n) is 6.40. The van der Waals surface area contributed by atoms with Crippen molar-refractivity contribution in [3.63, 3.8) is 0 Å². The molecular formula is C46H62N12O10+2. The second kappa shape index (κ2) is 28.5. The lowest BCUT2D eigenvalue weighted by molar-refractivity contribution is -0.684. The van der Waals surface area contributed by atoms with Crippen molar-refractivity contribution < 1.29 is 57.7 Å². The number of hydrazine groups is 2. The number of rotatable bonds is 26. The van der Waals surface area contributed by atoms with Crippen molar-refractivity contribution in [2.24, 2.45) is 0 Å². The number of pyridine rings is 2. The number of aliphatic hydroxyl groups is 2. The zero-order chi connectivity index (χ0) is 49.3. The normalized spacial score (nSPS) is 10.6. The van der Waals surface area contributed by atoms with Crippen LogP contribution in [0.25, 0.3) is 0 Å². The van der Waals surface area contributed by atoms with E-state index in [0.29, 0.717) is 59.1 Å². The summed E-state index contributed by atoms with van der Waals surface area (Å²) >= 11 is 0. The van der Waals surface area contributed by atoms with Crippen LogP contribution < -0.4 is 57.6 Å². The van der Waals surface area contributed by atoms with Gasteiger partial charge in [-0.3, -0.25) is 60.1 Å². The Kier molecular flexibility index (Phi) is 22.2. The van der Waals surface area contributed by atoms with Crippen LogP contribution in [0, 0.1) is 13.8 Å². The molecule has 68 heavy (non-hydrogen) atoms. The van der Waals surface area contributed by atoms with Crippen LogP contribution in [0.15, 0.2) is 85.5 Å². The molecule has 7 amide bonds. The van der Waals surface area contributed by atoms with Crippen molar-refractivity contribution in [3.05, 3.63) is 108 Å². The average molecular weight is 943 g/mol. The molecule has 0 radical (unpaired) electrons. The van der Waals surface area contributed by atoms with Crippen molar-refractivity contribution in [2.45, 2.75) is 72.1 Å². The Bertz CT molecular complexity index is 2370. The molecule has 0 spiro atoms. The van der Waals surface area contributed by atoms with Gasteiger partial charge >= 0.3 is 23.6 Å². The van der Waals surface area contributed by atoms with Gasteiger partial charge < -0.3 is 36.4 Å². The molecule has 364 valence electrons. The Morgan fingerprint density at radius 3 is 1.78 bits per heavy atom. The Morgan fingerprint density at radius 2 is 1.19 bits per heavy atom. The summed E-state index contributed by atoms with van der Waals surface area (Å²) in [6.07, 6.45) is 12.8. The number of hydroxylamine groups is 1. The molecule has 2 aromatic carbocycles. The number of anilines is 4. The third kappa shape index (κ3) is 18.8. The predicted molar refractivity (Wildman–Crippen MR) is 249 cm³/mol. The summed E-state index contributed by atoms with van der Waals surface area (Å²) in [7, 11) is 1.29. The van der Waals surface area contributed by atoms with Gasteiger partial charge in [0.15, 0.2) is 24.8 Å². The minimum atomic E-state index is -0.933. The van der Waals surface area contributed by atoms with Crippen molar-refractivity contribution in [1.29, 1.82) is 0 Å². The highest BCUT2D eigenvalue weighted by Crippen LogP contribution is 2.20. The van der Waals surface area contributed by atoms with Crippen molar-refractivity contribution in [2.75, 3.05) is 61.5 Å². The number of hydrogen-bond acceptors (Lipinski definition) is 13. The molecule has 22 nitrogen and oxygen atoms in total. The van der Waals surface area contributed by atoms with Crippen LogP contribution in [-0.2, 0) is 53.3 Å². The maximum absolute atomic E-state index is 12.8. The Morgan fingerprint density at radius 1 is 0.632 bits per heavy atom. The van der Waals surface area contributed by atoms with E-state index in [4.69, 9.17) is 15.1 Å². The number of carbonyl (C=O) groups excluding carboxylic acids is 7. The van der Waals surface area contributed by atoms with Gasteiger partial charge in [-0.25, -0.2) is 5.48 Å². The van der Waals surface area contributed by atoms with Gasteiger partial charge in [-0.15, -0.1) is 0 Å². The number of aliphatic hydroxyl groups excluding tert-OH is 2. The highest BCUT2D eigenvalue weighted by Gasteiger charge is 2.19. The molecule has 2 aromatic heterocycles. The first-order valence-corrected chi connectivity index (χ1v) is 22.0. The van der Waals surface area contributed by atoms with E-state index in [1.807, 2.05) is 18.3 Å². The van der Waals surface area contributed by atoms with Crippen LogP contribution in [0.2, 0.25) is 0 Å². The molecule has 0 unspecified atom stereocenters. The van der Waals surface area contributed by atoms with Crippen molar-refractivity contribution in [3.8, 4) is 0 Å². The van der Waals surface area contributed by atoms with Gasteiger partial charge in [-0.05, 0) is 86.3 Å². The van der Waals surface area contributed by atoms with E-state index in [1.165, 1.54) is 7.05 Å². The molecule has 0 saturated heterocycles. The fraction of sp³-hybridized carbons (Fsp3) is 0.370. The molecule has 22 heteroatoms. The molecule has 0 bridgehead atoms. The molecule has 0 aliphatic heterocycles. The lowest BCUT2D eigenvalue weighted by atomic mass is 10.1. The summed E-state index contributed by atoms with van der Waals surface area (Å²) in [5, 5.41) is 28.7. The van der Waals surface area contributed by atoms with E-state index >= 15 is 0 Å². The smallest absolute Gasteiger partial charge is 0.327 e. The molecule has 0 aliphatic rings. The SMILES string of the molecule is Cc1cc(NC(=O)C[n+]2cccc(C(=O)NCCCCCCCCNOCc3ccc[n+](CC(=O)Nc4ccc(NNC(=O)C(=O)N(C)CO)c(C)c4)c3)c2)ccc1NNC(=O)C(=O)NCCO. The second-order valence-electron chi connectivity index (χ2n) is 15.6. The molecule has 2 heterocycles. The van der Waals surface area contributed by atoms with E-state index in [0.717, 1.165) is 49.0 Å². The molecule has 11 N–H and O–H groups in total. The van der Waals surface area contributed by atoms with Crippen LogP contribution in [0.5, 0.6) is 0 Å². The van der Waals surface area contributed by atoms with Gasteiger partial charge in [0.25, 0.3) is 17.7 Å².